The van der Waals surface area contributed by atoms with Crippen molar-refractivity contribution in [1.29, 1.82) is 0 Å². The van der Waals surface area contributed by atoms with Crippen molar-refractivity contribution in [2.75, 3.05) is 18.4 Å². The number of benzene rings is 1. The Kier molecular flexibility index (Phi) is 4.78. The minimum Gasteiger partial charge on any atom is -0.351 e. The molecule has 4 heterocycles. The van der Waals surface area contributed by atoms with Gasteiger partial charge in [0.25, 0.3) is 5.91 Å². The maximum atomic E-state index is 13.6. The summed E-state index contributed by atoms with van der Waals surface area (Å²) >= 11 is 0. The van der Waals surface area contributed by atoms with Gasteiger partial charge in [-0.15, -0.1) is 0 Å². The van der Waals surface area contributed by atoms with Crippen LogP contribution in [-0.4, -0.2) is 49.5 Å². The first-order chi connectivity index (χ1) is 16.2. The summed E-state index contributed by atoms with van der Waals surface area (Å²) in [6.07, 6.45) is 6.00. The molecule has 166 valence electrons. The lowest BCUT2D eigenvalue weighted by Gasteiger charge is -2.15. The second-order valence-corrected chi connectivity index (χ2v) is 8.62. The first kappa shape index (κ1) is 19.8. The molecule has 4 aromatic rings. The Bertz CT molecular complexity index is 1340. The highest BCUT2D eigenvalue weighted by atomic mass is 19.1. The quantitative estimate of drug-likeness (QED) is 0.496. The fraction of sp³-hybridized carbons (Fsp3) is 0.280. The fourth-order valence-electron chi connectivity index (χ4n) is 4.35. The van der Waals surface area contributed by atoms with Crippen molar-refractivity contribution in [2.45, 2.75) is 31.7 Å². The molecule has 2 aliphatic rings. The molecule has 6 rings (SSSR count). The number of aromatic nitrogens is 4. The van der Waals surface area contributed by atoms with Gasteiger partial charge in [-0.1, -0.05) is 6.07 Å². The maximum absolute atomic E-state index is 13.6. The molecule has 3 aromatic heterocycles. The van der Waals surface area contributed by atoms with Crippen LogP contribution in [0.2, 0.25) is 0 Å². The highest BCUT2D eigenvalue weighted by molar-refractivity contribution is 5.97. The number of carbonyl (C=O) groups excluding carboxylic acids is 1. The summed E-state index contributed by atoms with van der Waals surface area (Å²) in [4.78, 5) is 24.3. The molecule has 33 heavy (non-hydrogen) atoms. The van der Waals surface area contributed by atoms with Crippen LogP contribution in [0.25, 0.3) is 28.0 Å². The van der Waals surface area contributed by atoms with Crippen molar-refractivity contribution in [1.82, 2.24) is 24.5 Å². The summed E-state index contributed by atoms with van der Waals surface area (Å²) in [5.41, 5.74) is 4.18. The zero-order valence-corrected chi connectivity index (χ0v) is 18.0. The predicted molar refractivity (Wildman–Crippen MR) is 123 cm³/mol. The van der Waals surface area contributed by atoms with E-state index in [0.29, 0.717) is 29.1 Å². The lowest BCUT2D eigenvalue weighted by Crippen LogP contribution is -2.29. The van der Waals surface area contributed by atoms with Gasteiger partial charge in [0.2, 0.25) is 5.95 Å². The average molecular weight is 442 g/mol. The molecule has 0 radical (unpaired) electrons. The third-order valence-electron chi connectivity index (χ3n) is 6.21. The normalized spacial score (nSPS) is 15.8. The molecule has 7 nitrogen and oxygen atoms in total. The van der Waals surface area contributed by atoms with Crippen LogP contribution in [0.4, 0.5) is 10.3 Å². The van der Waals surface area contributed by atoms with Crippen molar-refractivity contribution >= 4 is 17.4 Å². The van der Waals surface area contributed by atoms with E-state index in [9.17, 15) is 9.18 Å². The number of rotatable bonds is 5. The van der Waals surface area contributed by atoms with Crippen molar-refractivity contribution in [3.8, 4) is 22.5 Å². The van der Waals surface area contributed by atoms with Crippen LogP contribution in [0.15, 0.2) is 54.7 Å². The Morgan fingerprint density at radius 3 is 2.58 bits per heavy atom. The van der Waals surface area contributed by atoms with Gasteiger partial charge in [-0.3, -0.25) is 4.79 Å². The summed E-state index contributed by atoms with van der Waals surface area (Å²) in [5.74, 6) is 0.229. The van der Waals surface area contributed by atoms with Crippen LogP contribution >= 0.6 is 0 Å². The summed E-state index contributed by atoms with van der Waals surface area (Å²) in [6, 6.07) is 14.1. The summed E-state index contributed by atoms with van der Waals surface area (Å²) in [6.45, 7) is 1.52. The molecule has 0 bridgehead atoms. The molecule has 0 spiro atoms. The number of nitrogens with one attached hydrogen (secondary N) is 1. The van der Waals surface area contributed by atoms with Gasteiger partial charge < -0.3 is 10.2 Å². The number of pyridine rings is 1. The summed E-state index contributed by atoms with van der Waals surface area (Å²) < 4.78 is 15.3. The lowest BCUT2D eigenvalue weighted by molar-refractivity contribution is 0.0784. The number of halogens is 1. The van der Waals surface area contributed by atoms with E-state index in [1.165, 1.54) is 12.1 Å². The third kappa shape index (κ3) is 3.71. The number of hydrogen-bond donors (Lipinski definition) is 1. The molecule has 1 N–H and O–H groups in total. The van der Waals surface area contributed by atoms with E-state index >= 15 is 0 Å². The number of amides is 1. The lowest BCUT2D eigenvalue weighted by atomic mass is 10.0. The van der Waals surface area contributed by atoms with Crippen LogP contribution in [0.1, 0.15) is 36.2 Å². The molecule has 1 aliphatic heterocycles. The first-order valence-corrected chi connectivity index (χ1v) is 11.3. The van der Waals surface area contributed by atoms with Crippen LogP contribution in [-0.2, 0) is 0 Å². The SMILES string of the molecule is O=C(c1cccc2c(-c3ccnc(NC4CC4)n3)c(-c3ccc(F)cc3)nn12)N1CCCC1. The number of hydrogen-bond acceptors (Lipinski definition) is 5. The predicted octanol–water partition coefficient (Wildman–Crippen LogP) is 4.41. The molecule has 1 aliphatic carbocycles. The smallest absolute Gasteiger partial charge is 0.272 e. The Hall–Kier alpha value is -3.81. The van der Waals surface area contributed by atoms with E-state index in [1.54, 1.807) is 28.9 Å². The third-order valence-corrected chi connectivity index (χ3v) is 6.21. The van der Waals surface area contributed by atoms with Crippen molar-refractivity contribution < 1.29 is 9.18 Å². The Morgan fingerprint density at radius 1 is 1.03 bits per heavy atom. The Morgan fingerprint density at radius 2 is 1.82 bits per heavy atom. The van der Waals surface area contributed by atoms with E-state index < -0.39 is 0 Å². The second-order valence-electron chi connectivity index (χ2n) is 8.62. The monoisotopic (exact) mass is 442 g/mol. The van der Waals surface area contributed by atoms with Gasteiger partial charge in [-0.05, 0) is 68.1 Å². The first-order valence-electron chi connectivity index (χ1n) is 11.3. The second kappa shape index (κ2) is 7.95. The molecule has 8 heteroatoms. The zero-order chi connectivity index (χ0) is 22.4. The molecular formula is C25H23FN6O. The van der Waals surface area contributed by atoms with Gasteiger partial charge in [-0.25, -0.2) is 18.9 Å². The van der Waals surface area contributed by atoms with E-state index in [1.807, 2.05) is 23.1 Å². The molecule has 0 atom stereocenters. The van der Waals surface area contributed by atoms with Crippen molar-refractivity contribution in [2.24, 2.45) is 0 Å². The van der Waals surface area contributed by atoms with E-state index in [2.05, 4.69) is 10.3 Å². The van der Waals surface area contributed by atoms with Gasteiger partial charge in [0.15, 0.2) is 0 Å². The van der Waals surface area contributed by atoms with Crippen LogP contribution in [0.5, 0.6) is 0 Å². The average Bonchev–Trinajstić information content (AvgIpc) is 3.33. The molecule has 1 saturated heterocycles. The van der Waals surface area contributed by atoms with Gasteiger partial charge in [-0.2, -0.15) is 5.10 Å². The van der Waals surface area contributed by atoms with E-state index in [0.717, 1.165) is 55.4 Å². The molecule has 2 fully saturated rings. The molecule has 1 amide bonds. The highest BCUT2D eigenvalue weighted by Crippen LogP contribution is 2.35. The molecular weight excluding hydrogens is 419 g/mol. The van der Waals surface area contributed by atoms with Crippen LogP contribution in [0.3, 0.4) is 0 Å². The molecule has 1 aromatic carbocycles. The minimum atomic E-state index is -0.313. The van der Waals surface area contributed by atoms with Gasteiger partial charge in [0, 0.05) is 30.9 Å². The highest BCUT2D eigenvalue weighted by Gasteiger charge is 2.26. The number of anilines is 1. The molecule has 0 unspecified atom stereocenters. The maximum Gasteiger partial charge on any atom is 0.272 e. The van der Waals surface area contributed by atoms with Gasteiger partial charge >= 0.3 is 0 Å². The Labute approximate surface area is 190 Å². The van der Waals surface area contributed by atoms with Gasteiger partial charge in [0.1, 0.15) is 17.2 Å². The number of carbonyl (C=O) groups is 1. The van der Waals surface area contributed by atoms with Crippen LogP contribution in [0, 0.1) is 5.82 Å². The van der Waals surface area contributed by atoms with Crippen molar-refractivity contribution in [3.05, 3.63) is 66.2 Å². The fourth-order valence-corrected chi connectivity index (χ4v) is 4.35. The summed E-state index contributed by atoms with van der Waals surface area (Å²) in [5, 5.41) is 8.19. The largest absolute Gasteiger partial charge is 0.351 e. The topological polar surface area (TPSA) is 75.4 Å². The summed E-state index contributed by atoms with van der Waals surface area (Å²) in [7, 11) is 0. The van der Waals surface area contributed by atoms with Crippen molar-refractivity contribution in [3.63, 3.8) is 0 Å². The number of likely N-dealkylation sites (tertiary alicyclic amines) is 1. The Balaban J connectivity index is 1.54. The number of nitrogens with zero attached hydrogens (tertiary/aromatic N) is 5. The van der Waals surface area contributed by atoms with Gasteiger partial charge in [0.05, 0.1) is 16.8 Å². The zero-order valence-electron chi connectivity index (χ0n) is 18.0. The van der Waals surface area contributed by atoms with E-state index in [4.69, 9.17) is 10.1 Å². The standard InChI is InChI=1S/C25H23FN6O/c26-17-8-6-16(7-9-17)23-22(19-12-13-27-25(29-19)28-18-10-11-18)20-4-3-5-21(32(20)30-23)24(33)31-14-1-2-15-31/h3-9,12-13,18H,1-2,10-11,14-15H2,(H,27,28,29). The van der Waals surface area contributed by atoms with E-state index in [-0.39, 0.29) is 11.7 Å². The number of fused-ring (bicyclic) bond motifs is 1. The van der Waals surface area contributed by atoms with Crippen LogP contribution < -0.4 is 5.32 Å². The molecule has 1 saturated carbocycles. The minimum absolute atomic E-state index is 0.0309.